The van der Waals surface area contributed by atoms with E-state index in [4.69, 9.17) is 4.42 Å². The van der Waals surface area contributed by atoms with E-state index in [1.54, 1.807) is 0 Å². The van der Waals surface area contributed by atoms with Gasteiger partial charge in [-0.25, -0.2) is 4.39 Å². The molecule has 17 heavy (non-hydrogen) atoms. The van der Waals surface area contributed by atoms with Crippen molar-refractivity contribution >= 4 is 27.6 Å². The van der Waals surface area contributed by atoms with E-state index in [1.165, 1.54) is 36.4 Å². The quantitative estimate of drug-likeness (QED) is 0.474. The summed E-state index contributed by atoms with van der Waals surface area (Å²) in [6.07, 6.45) is 0. The predicted octanol–water partition coefficient (Wildman–Crippen LogP) is 3.63. The van der Waals surface area contributed by atoms with Crippen molar-refractivity contribution in [3.8, 4) is 0 Å². The average Bonchev–Trinajstić information content (AvgIpc) is 2.66. The van der Waals surface area contributed by atoms with E-state index in [1.807, 2.05) is 0 Å². The second kappa shape index (κ2) is 3.28. The highest BCUT2D eigenvalue weighted by molar-refractivity contribution is 6.05. The molecule has 0 saturated carbocycles. The maximum atomic E-state index is 13.1. The van der Waals surface area contributed by atoms with Gasteiger partial charge in [-0.05, 0) is 24.3 Å². The predicted molar refractivity (Wildman–Crippen MR) is 60.3 cm³/mol. The Morgan fingerprint density at radius 2 is 1.71 bits per heavy atom. The molecule has 3 rings (SSSR count). The number of halogens is 1. The van der Waals surface area contributed by atoms with Gasteiger partial charge >= 0.3 is 0 Å². The molecular weight excluding hydrogens is 225 g/mol. The maximum absolute atomic E-state index is 13.1. The van der Waals surface area contributed by atoms with Gasteiger partial charge in [-0.1, -0.05) is 0 Å². The number of rotatable bonds is 1. The molecule has 2 aromatic carbocycles. The molecule has 0 amide bonds. The van der Waals surface area contributed by atoms with Crippen molar-refractivity contribution in [1.29, 1.82) is 0 Å². The lowest BCUT2D eigenvalue weighted by Crippen LogP contribution is -1.86. The maximum Gasteiger partial charge on any atom is 0.270 e. The molecule has 0 aliphatic heterocycles. The van der Waals surface area contributed by atoms with Crippen molar-refractivity contribution < 1.29 is 13.7 Å². The minimum absolute atomic E-state index is 0.0375. The Balaban J connectivity index is 2.43. The average molecular weight is 231 g/mol. The zero-order chi connectivity index (χ0) is 12.0. The summed E-state index contributed by atoms with van der Waals surface area (Å²) in [4.78, 5) is 10.2. The van der Waals surface area contributed by atoms with Crippen LogP contribution in [-0.4, -0.2) is 4.92 Å². The summed E-state index contributed by atoms with van der Waals surface area (Å²) in [5, 5.41) is 11.8. The number of nitrogens with zero attached hydrogens (tertiary/aromatic N) is 1. The zero-order valence-electron chi connectivity index (χ0n) is 8.51. The molecule has 84 valence electrons. The van der Waals surface area contributed by atoms with Crippen molar-refractivity contribution in [1.82, 2.24) is 0 Å². The van der Waals surface area contributed by atoms with Crippen LogP contribution >= 0.6 is 0 Å². The van der Waals surface area contributed by atoms with Crippen LogP contribution in [0.5, 0.6) is 0 Å². The molecule has 0 bridgehead atoms. The fourth-order valence-electron chi connectivity index (χ4n) is 1.85. The monoisotopic (exact) mass is 231 g/mol. The molecule has 0 N–H and O–H groups in total. The van der Waals surface area contributed by atoms with Gasteiger partial charge < -0.3 is 4.42 Å². The van der Waals surface area contributed by atoms with Crippen LogP contribution in [0.2, 0.25) is 0 Å². The first kappa shape index (κ1) is 9.77. The Labute approximate surface area is 94.4 Å². The van der Waals surface area contributed by atoms with Gasteiger partial charge in [-0.3, -0.25) is 10.1 Å². The Morgan fingerprint density at radius 3 is 2.41 bits per heavy atom. The summed E-state index contributed by atoms with van der Waals surface area (Å²) in [6.45, 7) is 0. The molecule has 0 radical (unpaired) electrons. The molecule has 1 aromatic heterocycles. The molecular formula is C12H6FNO3. The second-order valence-corrected chi connectivity index (χ2v) is 3.68. The first-order valence-electron chi connectivity index (χ1n) is 4.91. The highest BCUT2D eigenvalue weighted by atomic mass is 19.1. The fourth-order valence-corrected chi connectivity index (χ4v) is 1.85. The normalized spacial score (nSPS) is 11.1. The van der Waals surface area contributed by atoms with Gasteiger partial charge in [0.25, 0.3) is 5.69 Å². The lowest BCUT2D eigenvalue weighted by atomic mass is 10.1. The van der Waals surface area contributed by atoms with Crippen LogP contribution in [0.1, 0.15) is 0 Å². The number of nitro groups is 1. The second-order valence-electron chi connectivity index (χ2n) is 3.68. The van der Waals surface area contributed by atoms with E-state index in [2.05, 4.69) is 0 Å². The van der Waals surface area contributed by atoms with Crippen molar-refractivity contribution in [2.24, 2.45) is 0 Å². The summed E-state index contributed by atoms with van der Waals surface area (Å²) in [5.74, 6) is -0.397. The van der Waals surface area contributed by atoms with Crippen LogP contribution in [0, 0.1) is 15.9 Å². The number of benzene rings is 2. The van der Waals surface area contributed by atoms with E-state index in [-0.39, 0.29) is 5.69 Å². The minimum Gasteiger partial charge on any atom is -0.456 e. The first-order chi connectivity index (χ1) is 8.15. The molecule has 5 heteroatoms. The fraction of sp³-hybridized carbons (Fsp3) is 0. The minimum atomic E-state index is -0.489. The number of hydrogen-bond acceptors (Lipinski definition) is 3. The number of non-ortho nitro benzene ring substituents is 1. The van der Waals surface area contributed by atoms with Crippen LogP contribution in [0.15, 0.2) is 40.8 Å². The number of nitro benzene ring substituents is 1. The summed E-state index contributed by atoms with van der Waals surface area (Å²) >= 11 is 0. The van der Waals surface area contributed by atoms with Gasteiger partial charge in [0.05, 0.1) is 4.92 Å². The molecule has 1 heterocycles. The van der Waals surface area contributed by atoms with Crippen LogP contribution in [0.4, 0.5) is 10.1 Å². The Bertz CT molecular complexity index is 748. The first-order valence-corrected chi connectivity index (χ1v) is 4.91. The number of hydrogen-bond donors (Lipinski definition) is 0. The molecule has 0 saturated heterocycles. The zero-order valence-corrected chi connectivity index (χ0v) is 8.51. The molecule has 0 aliphatic rings. The largest absolute Gasteiger partial charge is 0.456 e. The smallest absolute Gasteiger partial charge is 0.270 e. The Hall–Kier alpha value is -2.43. The summed E-state index contributed by atoms with van der Waals surface area (Å²) in [5.41, 5.74) is 0.988. The van der Waals surface area contributed by atoms with Gasteiger partial charge in [-0.15, -0.1) is 0 Å². The van der Waals surface area contributed by atoms with Crippen LogP contribution in [-0.2, 0) is 0 Å². The van der Waals surface area contributed by atoms with Gasteiger partial charge in [0.1, 0.15) is 17.0 Å². The van der Waals surface area contributed by atoms with Gasteiger partial charge in [-0.2, -0.15) is 0 Å². The molecule has 4 nitrogen and oxygen atoms in total. The van der Waals surface area contributed by atoms with Crippen molar-refractivity contribution in [3.05, 3.63) is 52.3 Å². The third-order valence-electron chi connectivity index (χ3n) is 2.63. The summed E-state index contributed by atoms with van der Waals surface area (Å²) in [6, 6.07) is 8.38. The molecule has 0 aliphatic carbocycles. The Morgan fingerprint density at radius 1 is 1.06 bits per heavy atom. The highest BCUT2D eigenvalue weighted by Crippen LogP contribution is 2.31. The highest BCUT2D eigenvalue weighted by Gasteiger charge is 2.12. The van der Waals surface area contributed by atoms with E-state index >= 15 is 0 Å². The van der Waals surface area contributed by atoms with Crippen molar-refractivity contribution in [2.75, 3.05) is 0 Å². The van der Waals surface area contributed by atoms with E-state index in [9.17, 15) is 14.5 Å². The third kappa shape index (κ3) is 1.44. The molecule has 0 unspecified atom stereocenters. The molecule has 0 fully saturated rings. The van der Waals surface area contributed by atoms with Crippen molar-refractivity contribution in [2.45, 2.75) is 0 Å². The summed E-state index contributed by atoms with van der Waals surface area (Å²) in [7, 11) is 0. The standard InChI is InChI=1S/C12H6FNO3/c13-7-1-3-11-9(5-7)10-6-8(14(15)16)2-4-12(10)17-11/h1-6H. The topological polar surface area (TPSA) is 56.3 Å². The van der Waals surface area contributed by atoms with E-state index in [0.717, 1.165) is 0 Å². The third-order valence-corrected chi connectivity index (χ3v) is 2.63. The molecule has 0 spiro atoms. The lowest BCUT2D eigenvalue weighted by molar-refractivity contribution is -0.384. The van der Waals surface area contributed by atoms with Crippen LogP contribution in [0.25, 0.3) is 21.9 Å². The SMILES string of the molecule is O=[N+]([O-])c1ccc2oc3ccc(F)cc3c2c1. The Kier molecular flexibility index (Phi) is 1.89. The van der Waals surface area contributed by atoms with E-state index < -0.39 is 10.7 Å². The molecule has 3 aromatic rings. The van der Waals surface area contributed by atoms with E-state index in [0.29, 0.717) is 21.9 Å². The number of fused-ring (bicyclic) bond motifs is 3. The van der Waals surface area contributed by atoms with Gasteiger partial charge in [0.2, 0.25) is 0 Å². The van der Waals surface area contributed by atoms with Gasteiger partial charge in [0.15, 0.2) is 0 Å². The molecule has 0 atom stereocenters. The van der Waals surface area contributed by atoms with Crippen molar-refractivity contribution in [3.63, 3.8) is 0 Å². The summed E-state index contributed by atoms with van der Waals surface area (Å²) < 4.78 is 18.6. The van der Waals surface area contributed by atoms with Crippen LogP contribution in [0.3, 0.4) is 0 Å². The van der Waals surface area contributed by atoms with Crippen LogP contribution < -0.4 is 0 Å². The number of furan rings is 1. The lowest BCUT2D eigenvalue weighted by Gasteiger charge is -1.91. The van der Waals surface area contributed by atoms with Gasteiger partial charge in [0, 0.05) is 22.9 Å².